The van der Waals surface area contributed by atoms with Gasteiger partial charge in [-0.2, -0.15) is 0 Å². The summed E-state index contributed by atoms with van der Waals surface area (Å²) in [5, 5.41) is 11.9. The highest BCUT2D eigenvalue weighted by atomic mass is 16.3. The average Bonchev–Trinajstić information content (AvgIpc) is 3.07. The molecule has 0 radical (unpaired) electrons. The van der Waals surface area contributed by atoms with E-state index in [0.717, 1.165) is 13.0 Å². The summed E-state index contributed by atoms with van der Waals surface area (Å²) in [5.74, 6) is -0.442. The summed E-state index contributed by atoms with van der Waals surface area (Å²) in [6.45, 7) is 2.50. The van der Waals surface area contributed by atoms with E-state index in [1.165, 1.54) is 21.2 Å². The van der Waals surface area contributed by atoms with Crippen LogP contribution in [0.15, 0.2) is 66.7 Å². The van der Waals surface area contributed by atoms with Gasteiger partial charge in [0, 0.05) is 32.2 Å². The molecule has 0 bridgehead atoms. The van der Waals surface area contributed by atoms with Crippen LogP contribution in [0.5, 0.6) is 0 Å². The molecule has 1 aliphatic heterocycles. The van der Waals surface area contributed by atoms with Crippen LogP contribution in [0, 0.1) is 0 Å². The van der Waals surface area contributed by atoms with Gasteiger partial charge in [-0.1, -0.05) is 54.6 Å². The van der Waals surface area contributed by atoms with Gasteiger partial charge in [-0.3, -0.25) is 19.4 Å². The van der Waals surface area contributed by atoms with E-state index in [4.69, 9.17) is 5.73 Å². The molecule has 0 saturated heterocycles. The standard InChI is InChI=1S/C27H31N3O3/c28-23(8-5-14-30-26(32)24-9-3-4-10-25(24)27(30)33)19-29(16-17-31)15-13-20-11-12-21-6-1-2-7-22(21)18-20/h1-4,6-7,9-12,18,23,31H,5,8,13-17,19,28H2. The van der Waals surface area contributed by atoms with Crippen LogP contribution < -0.4 is 5.73 Å². The Hall–Kier alpha value is -3.06. The van der Waals surface area contributed by atoms with Crippen LogP contribution in [0.25, 0.3) is 10.8 Å². The van der Waals surface area contributed by atoms with Gasteiger partial charge >= 0.3 is 0 Å². The summed E-state index contributed by atoms with van der Waals surface area (Å²) in [5.41, 5.74) is 8.60. The van der Waals surface area contributed by atoms with Crippen molar-refractivity contribution in [1.82, 2.24) is 9.80 Å². The van der Waals surface area contributed by atoms with E-state index in [9.17, 15) is 14.7 Å². The Labute approximate surface area is 194 Å². The lowest BCUT2D eigenvalue weighted by molar-refractivity contribution is 0.0650. The molecule has 6 heteroatoms. The van der Waals surface area contributed by atoms with E-state index in [0.29, 0.717) is 43.6 Å². The minimum absolute atomic E-state index is 0.0828. The van der Waals surface area contributed by atoms with Crippen LogP contribution in [-0.2, 0) is 6.42 Å². The largest absolute Gasteiger partial charge is 0.395 e. The minimum Gasteiger partial charge on any atom is -0.395 e. The van der Waals surface area contributed by atoms with Crippen molar-refractivity contribution >= 4 is 22.6 Å². The number of imide groups is 1. The van der Waals surface area contributed by atoms with E-state index in [1.54, 1.807) is 24.3 Å². The molecule has 1 heterocycles. The fourth-order valence-electron chi connectivity index (χ4n) is 4.49. The molecule has 3 N–H and O–H groups in total. The second kappa shape index (κ2) is 10.7. The quantitative estimate of drug-likeness (QED) is 0.443. The number of aliphatic hydroxyl groups excluding tert-OH is 1. The van der Waals surface area contributed by atoms with Crippen molar-refractivity contribution in [3.8, 4) is 0 Å². The zero-order valence-electron chi connectivity index (χ0n) is 18.8. The predicted octanol–water partition coefficient (Wildman–Crippen LogP) is 3.08. The fourth-order valence-corrected chi connectivity index (χ4v) is 4.49. The Bertz CT molecular complexity index is 1100. The molecular formula is C27H31N3O3. The number of aliphatic hydroxyl groups is 1. The maximum absolute atomic E-state index is 12.5. The third kappa shape index (κ3) is 5.47. The number of carbonyl (C=O) groups excluding carboxylic acids is 2. The first-order chi connectivity index (χ1) is 16.1. The van der Waals surface area contributed by atoms with Gasteiger partial charge in [0.25, 0.3) is 11.8 Å². The number of hydrogen-bond donors (Lipinski definition) is 2. The van der Waals surface area contributed by atoms with Crippen molar-refractivity contribution in [3.05, 3.63) is 83.4 Å². The molecule has 0 aliphatic carbocycles. The summed E-state index contributed by atoms with van der Waals surface area (Å²) < 4.78 is 0. The van der Waals surface area contributed by atoms with E-state index in [-0.39, 0.29) is 24.5 Å². The van der Waals surface area contributed by atoms with Gasteiger partial charge in [-0.25, -0.2) is 0 Å². The Kier molecular flexibility index (Phi) is 7.50. The maximum atomic E-state index is 12.5. The molecule has 0 aromatic heterocycles. The van der Waals surface area contributed by atoms with Crippen molar-refractivity contribution in [2.45, 2.75) is 25.3 Å². The molecule has 0 saturated carbocycles. The molecular weight excluding hydrogens is 414 g/mol. The molecule has 1 unspecified atom stereocenters. The summed E-state index contributed by atoms with van der Waals surface area (Å²) >= 11 is 0. The summed E-state index contributed by atoms with van der Waals surface area (Å²) in [7, 11) is 0. The van der Waals surface area contributed by atoms with E-state index in [1.807, 2.05) is 12.1 Å². The maximum Gasteiger partial charge on any atom is 0.261 e. The monoisotopic (exact) mass is 445 g/mol. The van der Waals surface area contributed by atoms with Crippen LogP contribution in [0.1, 0.15) is 39.1 Å². The van der Waals surface area contributed by atoms with Gasteiger partial charge in [-0.15, -0.1) is 0 Å². The normalized spacial score (nSPS) is 14.3. The molecule has 1 aliphatic rings. The third-order valence-electron chi connectivity index (χ3n) is 6.27. The zero-order valence-corrected chi connectivity index (χ0v) is 18.8. The Morgan fingerprint density at radius 2 is 1.55 bits per heavy atom. The zero-order chi connectivity index (χ0) is 23.2. The summed E-state index contributed by atoms with van der Waals surface area (Å²) in [6.07, 6.45) is 2.24. The van der Waals surface area contributed by atoms with Gasteiger partial charge in [0.1, 0.15) is 0 Å². The molecule has 0 spiro atoms. The predicted molar refractivity (Wildman–Crippen MR) is 130 cm³/mol. The molecule has 172 valence electrons. The van der Waals surface area contributed by atoms with E-state index < -0.39 is 0 Å². The number of hydrogen-bond acceptors (Lipinski definition) is 5. The highest BCUT2D eigenvalue weighted by molar-refractivity contribution is 6.21. The van der Waals surface area contributed by atoms with Crippen molar-refractivity contribution in [2.24, 2.45) is 5.73 Å². The van der Waals surface area contributed by atoms with Gasteiger partial charge in [0.2, 0.25) is 0 Å². The molecule has 33 heavy (non-hydrogen) atoms. The van der Waals surface area contributed by atoms with E-state index in [2.05, 4.69) is 35.2 Å². The van der Waals surface area contributed by atoms with Crippen LogP contribution in [0.2, 0.25) is 0 Å². The molecule has 1 atom stereocenters. The molecule has 3 aromatic rings. The number of nitrogens with two attached hydrogens (primary N) is 1. The van der Waals surface area contributed by atoms with Crippen LogP contribution >= 0.6 is 0 Å². The van der Waals surface area contributed by atoms with Gasteiger partial charge in [-0.05, 0) is 47.7 Å². The highest BCUT2D eigenvalue weighted by Gasteiger charge is 2.34. The molecule has 4 rings (SSSR count). The SMILES string of the molecule is NC(CCCN1C(=O)c2ccccc2C1=O)CN(CCO)CCc1ccc2ccccc2c1. The second-order valence-electron chi connectivity index (χ2n) is 8.67. The van der Waals surface area contributed by atoms with Gasteiger partial charge < -0.3 is 10.8 Å². The lowest BCUT2D eigenvalue weighted by Gasteiger charge is -2.25. The average molecular weight is 446 g/mol. The number of rotatable bonds is 11. The fraction of sp³-hybridized carbons (Fsp3) is 0.333. The lowest BCUT2D eigenvalue weighted by Crippen LogP contribution is -2.40. The van der Waals surface area contributed by atoms with E-state index >= 15 is 0 Å². The molecule has 6 nitrogen and oxygen atoms in total. The smallest absolute Gasteiger partial charge is 0.261 e. The third-order valence-corrected chi connectivity index (χ3v) is 6.27. The minimum atomic E-state index is -0.221. The first kappa shape index (κ1) is 23.1. The number of fused-ring (bicyclic) bond motifs is 2. The second-order valence-corrected chi connectivity index (χ2v) is 8.67. The van der Waals surface area contributed by atoms with Crippen molar-refractivity contribution in [1.29, 1.82) is 0 Å². The Balaban J connectivity index is 1.25. The highest BCUT2D eigenvalue weighted by Crippen LogP contribution is 2.23. The number of carbonyl (C=O) groups is 2. The van der Waals surface area contributed by atoms with Crippen molar-refractivity contribution < 1.29 is 14.7 Å². The van der Waals surface area contributed by atoms with Crippen LogP contribution in [-0.4, -0.2) is 65.5 Å². The number of amides is 2. The molecule has 0 fully saturated rings. The first-order valence-electron chi connectivity index (χ1n) is 11.6. The summed E-state index contributed by atoms with van der Waals surface area (Å²) in [6, 6.07) is 21.7. The lowest BCUT2D eigenvalue weighted by atomic mass is 10.0. The van der Waals surface area contributed by atoms with Gasteiger partial charge in [0.15, 0.2) is 0 Å². The molecule has 2 amide bonds. The summed E-state index contributed by atoms with van der Waals surface area (Å²) in [4.78, 5) is 28.5. The number of benzene rings is 3. The van der Waals surface area contributed by atoms with Crippen LogP contribution in [0.3, 0.4) is 0 Å². The van der Waals surface area contributed by atoms with Crippen molar-refractivity contribution in [2.75, 3.05) is 32.8 Å². The topological polar surface area (TPSA) is 86.9 Å². The first-order valence-corrected chi connectivity index (χ1v) is 11.6. The molecule has 3 aromatic carbocycles. The number of nitrogens with zero attached hydrogens (tertiary/aromatic N) is 2. The van der Waals surface area contributed by atoms with Crippen molar-refractivity contribution in [3.63, 3.8) is 0 Å². The van der Waals surface area contributed by atoms with Crippen LogP contribution in [0.4, 0.5) is 0 Å². The Morgan fingerprint density at radius 1 is 0.879 bits per heavy atom. The van der Waals surface area contributed by atoms with Gasteiger partial charge in [0.05, 0.1) is 17.7 Å². The Morgan fingerprint density at radius 3 is 2.24 bits per heavy atom.